The van der Waals surface area contributed by atoms with E-state index >= 15 is 0 Å². The minimum absolute atomic E-state index is 0.0872. The monoisotopic (exact) mass is 234 g/mol. The lowest BCUT2D eigenvalue weighted by Crippen LogP contribution is -2.14. The van der Waals surface area contributed by atoms with E-state index in [1.54, 1.807) is 6.92 Å². The van der Waals surface area contributed by atoms with Crippen molar-refractivity contribution in [3.63, 3.8) is 0 Å². The molecule has 1 aromatic heterocycles. The van der Waals surface area contributed by atoms with Gasteiger partial charge in [0.05, 0.1) is 5.84 Å². The summed E-state index contributed by atoms with van der Waals surface area (Å²) in [5, 5.41) is 12.7. The van der Waals surface area contributed by atoms with E-state index in [1.165, 1.54) is 0 Å². The summed E-state index contributed by atoms with van der Waals surface area (Å²) in [4.78, 5) is 0. The summed E-state index contributed by atoms with van der Waals surface area (Å²) in [6, 6.07) is 0. The van der Waals surface area contributed by atoms with Crippen LogP contribution in [0.2, 0.25) is 0 Å². The van der Waals surface area contributed by atoms with Crippen molar-refractivity contribution in [1.29, 1.82) is 5.41 Å². The number of aromatic nitrogens is 2. The van der Waals surface area contributed by atoms with Crippen molar-refractivity contribution in [3.05, 3.63) is 17.0 Å². The molecule has 1 aromatic rings. The van der Waals surface area contributed by atoms with Crippen LogP contribution in [-0.2, 0) is 19.0 Å². The van der Waals surface area contributed by atoms with Crippen molar-refractivity contribution in [3.8, 4) is 0 Å². The number of aryl methyl sites for hydroxylation is 1. The molecule has 0 unspecified atom stereocenters. The Hall–Kier alpha value is -1.53. The summed E-state index contributed by atoms with van der Waals surface area (Å²) in [6.07, 6.45) is -3.83. The van der Waals surface area contributed by atoms with E-state index in [1.807, 2.05) is 0 Å². The molecule has 0 fully saturated rings. The Balaban J connectivity index is 3.01. The van der Waals surface area contributed by atoms with Crippen LogP contribution < -0.4 is 5.73 Å². The molecule has 1 heterocycles. The minimum Gasteiger partial charge on any atom is -0.388 e. The number of nitrogens with one attached hydrogen (secondary N) is 2. The second kappa shape index (κ2) is 4.54. The van der Waals surface area contributed by atoms with Gasteiger partial charge in [-0.05, 0) is 12.8 Å². The highest BCUT2D eigenvalue weighted by Gasteiger charge is 2.37. The van der Waals surface area contributed by atoms with Gasteiger partial charge in [0.25, 0.3) is 0 Å². The van der Waals surface area contributed by atoms with E-state index < -0.39 is 11.9 Å². The zero-order valence-electron chi connectivity index (χ0n) is 8.78. The SMILES string of the molecule is CCc1[nH]nc(C(F)(F)F)c1CCC(=N)N. The van der Waals surface area contributed by atoms with Gasteiger partial charge in [0.15, 0.2) is 5.69 Å². The molecule has 0 atom stereocenters. The topological polar surface area (TPSA) is 78.5 Å². The molecule has 0 radical (unpaired) electrons. The van der Waals surface area contributed by atoms with Crippen molar-refractivity contribution in [2.24, 2.45) is 5.73 Å². The van der Waals surface area contributed by atoms with Gasteiger partial charge >= 0.3 is 6.18 Å². The van der Waals surface area contributed by atoms with E-state index in [-0.39, 0.29) is 24.2 Å². The van der Waals surface area contributed by atoms with Gasteiger partial charge < -0.3 is 5.73 Å². The van der Waals surface area contributed by atoms with Crippen molar-refractivity contribution in [2.75, 3.05) is 0 Å². The quantitative estimate of drug-likeness (QED) is 0.549. The molecule has 0 aliphatic carbocycles. The summed E-state index contributed by atoms with van der Waals surface area (Å²) in [7, 11) is 0. The van der Waals surface area contributed by atoms with Gasteiger partial charge in [0.2, 0.25) is 0 Å². The average molecular weight is 234 g/mol. The van der Waals surface area contributed by atoms with Gasteiger partial charge in [-0.3, -0.25) is 10.5 Å². The van der Waals surface area contributed by atoms with Crippen LogP contribution in [0.15, 0.2) is 0 Å². The predicted molar refractivity (Wildman–Crippen MR) is 53.2 cm³/mol. The molecule has 16 heavy (non-hydrogen) atoms. The maximum absolute atomic E-state index is 12.6. The van der Waals surface area contributed by atoms with Crippen LogP contribution in [0.3, 0.4) is 0 Å². The Morgan fingerprint density at radius 1 is 1.50 bits per heavy atom. The highest BCUT2D eigenvalue weighted by Crippen LogP contribution is 2.32. The number of rotatable bonds is 4. The van der Waals surface area contributed by atoms with Crippen molar-refractivity contribution >= 4 is 5.84 Å². The van der Waals surface area contributed by atoms with Crippen molar-refractivity contribution < 1.29 is 13.2 Å². The Bertz CT molecular complexity index is 381. The highest BCUT2D eigenvalue weighted by atomic mass is 19.4. The van der Waals surface area contributed by atoms with Crippen LogP contribution >= 0.6 is 0 Å². The Kier molecular flexibility index (Phi) is 3.56. The molecule has 4 N–H and O–H groups in total. The highest BCUT2D eigenvalue weighted by molar-refractivity contribution is 5.77. The third-order valence-corrected chi connectivity index (χ3v) is 2.22. The molecule has 7 heteroatoms. The number of hydrogen-bond acceptors (Lipinski definition) is 2. The van der Waals surface area contributed by atoms with Gasteiger partial charge in [0, 0.05) is 17.7 Å². The van der Waals surface area contributed by atoms with E-state index in [0.717, 1.165) is 0 Å². The Morgan fingerprint density at radius 2 is 2.12 bits per heavy atom. The minimum atomic E-state index is -4.46. The van der Waals surface area contributed by atoms with Crippen LogP contribution in [0, 0.1) is 5.41 Å². The van der Waals surface area contributed by atoms with Crippen LogP contribution in [0.5, 0.6) is 0 Å². The summed E-state index contributed by atoms with van der Waals surface area (Å²) in [5.74, 6) is -0.128. The summed E-state index contributed by atoms with van der Waals surface area (Å²) in [5.41, 5.74) is 4.80. The fraction of sp³-hybridized carbons (Fsp3) is 0.556. The Labute approximate surface area is 90.5 Å². The second-order valence-electron chi connectivity index (χ2n) is 3.41. The second-order valence-corrected chi connectivity index (χ2v) is 3.41. The normalized spacial score (nSPS) is 11.8. The van der Waals surface area contributed by atoms with E-state index in [0.29, 0.717) is 12.1 Å². The number of hydrogen-bond donors (Lipinski definition) is 3. The van der Waals surface area contributed by atoms with Gasteiger partial charge in [0.1, 0.15) is 0 Å². The van der Waals surface area contributed by atoms with Crippen LogP contribution in [-0.4, -0.2) is 16.0 Å². The summed E-state index contributed by atoms with van der Waals surface area (Å²) in [6.45, 7) is 1.74. The Morgan fingerprint density at radius 3 is 2.56 bits per heavy atom. The molecule has 1 rings (SSSR count). The lowest BCUT2D eigenvalue weighted by atomic mass is 10.0. The molecule has 0 aromatic carbocycles. The lowest BCUT2D eigenvalue weighted by Gasteiger charge is -2.07. The maximum Gasteiger partial charge on any atom is 0.435 e. The predicted octanol–water partition coefficient (Wildman–Crippen LogP) is 1.86. The third-order valence-electron chi connectivity index (χ3n) is 2.22. The smallest absolute Gasteiger partial charge is 0.388 e. The van der Waals surface area contributed by atoms with E-state index in [4.69, 9.17) is 11.1 Å². The molecule has 0 bridgehead atoms. The van der Waals surface area contributed by atoms with Gasteiger partial charge in [-0.1, -0.05) is 6.92 Å². The molecule has 0 aliphatic heterocycles. The molecular weight excluding hydrogens is 221 g/mol. The zero-order chi connectivity index (χ0) is 12.3. The lowest BCUT2D eigenvalue weighted by molar-refractivity contribution is -0.141. The molecule has 4 nitrogen and oxygen atoms in total. The number of alkyl halides is 3. The van der Waals surface area contributed by atoms with Crippen molar-refractivity contribution in [1.82, 2.24) is 10.2 Å². The van der Waals surface area contributed by atoms with Crippen LogP contribution in [0.25, 0.3) is 0 Å². The van der Waals surface area contributed by atoms with E-state index in [9.17, 15) is 13.2 Å². The number of nitrogens with two attached hydrogens (primary N) is 1. The van der Waals surface area contributed by atoms with Gasteiger partial charge in [-0.2, -0.15) is 18.3 Å². The number of halogens is 3. The van der Waals surface area contributed by atoms with Crippen LogP contribution in [0.4, 0.5) is 13.2 Å². The standard InChI is InChI=1S/C9H13F3N4/c1-2-6-5(3-4-7(13)14)8(16-15-6)9(10,11)12/h2-4H2,1H3,(H3,13,14)(H,15,16). The zero-order valence-corrected chi connectivity index (χ0v) is 8.78. The molecule has 0 amide bonds. The molecule has 0 aliphatic rings. The van der Waals surface area contributed by atoms with Crippen molar-refractivity contribution in [2.45, 2.75) is 32.4 Å². The van der Waals surface area contributed by atoms with Gasteiger partial charge in [-0.15, -0.1) is 0 Å². The third kappa shape index (κ3) is 2.74. The molecule has 0 spiro atoms. The maximum atomic E-state index is 12.6. The first kappa shape index (κ1) is 12.5. The molecule has 0 saturated heterocycles. The van der Waals surface area contributed by atoms with Gasteiger partial charge in [-0.25, -0.2) is 0 Å². The number of amidine groups is 1. The van der Waals surface area contributed by atoms with Crippen LogP contribution in [0.1, 0.15) is 30.3 Å². The van der Waals surface area contributed by atoms with E-state index in [2.05, 4.69) is 10.2 Å². The first-order valence-electron chi connectivity index (χ1n) is 4.82. The fourth-order valence-corrected chi connectivity index (χ4v) is 1.46. The molecule has 90 valence electrons. The average Bonchev–Trinajstić information content (AvgIpc) is 2.56. The number of nitrogens with zero attached hydrogens (tertiary/aromatic N) is 1. The molecular formula is C9H13F3N4. The largest absolute Gasteiger partial charge is 0.435 e. The number of H-pyrrole nitrogens is 1. The summed E-state index contributed by atoms with van der Waals surface area (Å²) >= 11 is 0. The summed E-state index contributed by atoms with van der Waals surface area (Å²) < 4.78 is 37.7. The number of aromatic amines is 1. The first-order chi connectivity index (χ1) is 7.36. The fourth-order valence-electron chi connectivity index (χ4n) is 1.46. The first-order valence-corrected chi connectivity index (χ1v) is 4.82. The molecule has 0 saturated carbocycles.